The van der Waals surface area contributed by atoms with E-state index in [4.69, 9.17) is 0 Å². The molecule has 0 bridgehead atoms. The molecule has 0 aromatic carbocycles. The summed E-state index contributed by atoms with van der Waals surface area (Å²) in [4.78, 5) is 16.6. The molecule has 16 heavy (non-hydrogen) atoms. The van der Waals surface area contributed by atoms with Crippen LogP contribution in [0.2, 0.25) is 0 Å². The Morgan fingerprint density at radius 1 is 1.12 bits per heavy atom. The zero-order valence-corrected chi connectivity index (χ0v) is 10.2. The maximum Gasteiger partial charge on any atom is 0.239 e. The highest BCUT2D eigenvalue weighted by atomic mass is 16.2. The number of likely N-dealkylation sites (N-methyl/N-ethyl adjacent to an activating group) is 1. The molecule has 0 saturated carbocycles. The van der Waals surface area contributed by atoms with Gasteiger partial charge in [0.2, 0.25) is 5.91 Å². The molecule has 92 valence electrons. The SMILES string of the molecule is CN1CCCCC1C(=O)N1CCCNCC1. The van der Waals surface area contributed by atoms with Crippen LogP contribution in [0.15, 0.2) is 0 Å². The molecule has 0 aromatic rings. The van der Waals surface area contributed by atoms with Crippen molar-refractivity contribution in [3.63, 3.8) is 0 Å². The highest BCUT2D eigenvalue weighted by Crippen LogP contribution is 2.17. The quantitative estimate of drug-likeness (QED) is 0.697. The van der Waals surface area contributed by atoms with Crippen LogP contribution in [0.4, 0.5) is 0 Å². The Hall–Kier alpha value is -0.610. The maximum atomic E-state index is 12.4. The first-order valence-electron chi connectivity index (χ1n) is 6.49. The number of carbonyl (C=O) groups excluding carboxylic acids is 1. The maximum absolute atomic E-state index is 12.4. The summed E-state index contributed by atoms with van der Waals surface area (Å²) in [6.45, 7) is 4.87. The average molecular weight is 225 g/mol. The molecule has 0 aliphatic carbocycles. The van der Waals surface area contributed by atoms with Gasteiger partial charge in [0.15, 0.2) is 0 Å². The Labute approximate surface area is 98.0 Å². The van der Waals surface area contributed by atoms with Crippen molar-refractivity contribution in [2.45, 2.75) is 31.7 Å². The van der Waals surface area contributed by atoms with Crippen molar-refractivity contribution in [3.05, 3.63) is 0 Å². The molecule has 2 rings (SSSR count). The fourth-order valence-electron chi connectivity index (χ4n) is 2.66. The molecule has 1 amide bonds. The molecule has 1 N–H and O–H groups in total. The van der Waals surface area contributed by atoms with E-state index >= 15 is 0 Å². The van der Waals surface area contributed by atoms with Gasteiger partial charge in [-0.3, -0.25) is 9.69 Å². The summed E-state index contributed by atoms with van der Waals surface area (Å²) in [5.41, 5.74) is 0. The highest BCUT2D eigenvalue weighted by molar-refractivity contribution is 5.82. The van der Waals surface area contributed by atoms with Crippen molar-refractivity contribution >= 4 is 5.91 Å². The first kappa shape index (κ1) is 11.9. The van der Waals surface area contributed by atoms with E-state index in [0.29, 0.717) is 5.91 Å². The van der Waals surface area contributed by atoms with Crippen molar-refractivity contribution in [3.8, 4) is 0 Å². The Kier molecular flexibility index (Phi) is 4.18. The number of likely N-dealkylation sites (tertiary alicyclic amines) is 1. The van der Waals surface area contributed by atoms with E-state index in [0.717, 1.165) is 45.6 Å². The number of nitrogens with one attached hydrogen (secondary N) is 1. The van der Waals surface area contributed by atoms with Crippen molar-refractivity contribution in [1.82, 2.24) is 15.1 Å². The Morgan fingerprint density at radius 2 is 2.00 bits per heavy atom. The number of carbonyl (C=O) groups is 1. The molecule has 2 aliphatic heterocycles. The van der Waals surface area contributed by atoms with Crippen LogP contribution in [0.1, 0.15) is 25.7 Å². The minimum atomic E-state index is 0.145. The monoisotopic (exact) mass is 225 g/mol. The Balaban J connectivity index is 1.93. The number of nitrogens with zero attached hydrogens (tertiary/aromatic N) is 2. The van der Waals surface area contributed by atoms with E-state index in [1.54, 1.807) is 0 Å². The number of piperidine rings is 1. The molecule has 4 nitrogen and oxygen atoms in total. The van der Waals surface area contributed by atoms with Gasteiger partial charge < -0.3 is 10.2 Å². The van der Waals surface area contributed by atoms with Gasteiger partial charge in [-0.1, -0.05) is 6.42 Å². The molecule has 2 heterocycles. The predicted molar refractivity (Wildman–Crippen MR) is 64.3 cm³/mol. The molecule has 2 aliphatic rings. The standard InChI is InChI=1S/C12H23N3O/c1-14-8-3-2-5-11(14)12(16)15-9-4-6-13-7-10-15/h11,13H,2-10H2,1H3. The van der Waals surface area contributed by atoms with Crippen LogP contribution in [-0.4, -0.2) is 61.5 Å². The summed E-state index contributed by atoms with van der Waals surface area (Å²) in [6.07, 6.45) is 4.57. The molecule has 1 unspecified atom stereocenters. The summed E-state index contributed by atoms with van der Waals surface area (Å²) in [5, 5.41) is 3.34. The molecular weight excluding hydrogens is 202 g/mol. The van der Waals surface area contributed by atoms with Crippen LogP contribution < -0.4 is 5.32 Å². The number of hydrogen-bond donors (Lipinski definition) is 1. The van der Waals surface area contributed by atoms with Gasteiger partial charge in [-0.05, 0) is 39.4 Å². The van der Waals surface area contributed by atoms with Crippen molar-refractivity contribution < 1.29 is 4.79 Å². The van der Waals surface area contributed by atoms with Gasteiger partial charge in [0.1, 0.15) is 0 Å². The van der Waals surface area contributed by atoms with Crippen LogP contribution in [0.3, 0.4) is 0 Å². The summed E-state index contributed by atoms with van der Waals surface area (Å²) >= 11 is 0. The lowest BCUT2D eigenvalue weighted by atomic mass is 10.0. The van der Waals surface area contributed by atoms with E-state index in [1.165, 1.54) is 12.8 Å². The lowest BCUT2D eigenvalue weighted by molar-refractivity contribution is -0.137. The average Bonchev–Trinajstić information content (AvgIpc) is 2.57. The minimum Gasteiger partial charge on any atom is -0.340 e. The third-order valence-corrected chi connectivity index (χ3v) is 3.71. The molecule has 0 aromatic heterocycles. The Bertz CT molecular complexity index is 236. The largest absolute Gasteiger partial charge is 0.340 e. The summed E-state index contributed by atoms with van der Waals surface area (Å²) in [5.74, 6) is 0.353. The first-order chi connectivity index (χ1) is 7.79. The van der Waals surface area contributed by atoms with Gasteiger partial charge in [-0.15, -0.1) is 0 Å². The smallest absolute Gasteiger partial charge is 0.239 e. The number of rotatable bonds is 1. The molecule has 0 spiro atoms. The molecule has 2 saturated heterocycles. The van der Waals surface area contributed by atoms with E-state index in [1.807, 2.05) is 4.90 Å². The van der Waals surface area contributed by atoms with E-state index in [2.05, 4.69) is 17.3 Å². The van der Waals surface area contributed by atoms with E-state index in [9.17, 15) is 4.79 Å². The van der Waals surface area contributed by atoms with Crippen molar-refractivity contribution in [2.75, 3.05) is 39.8 Å². The van der Waals surface area contributed by atoms with Gasteiger partial charge in [0.25, 0.3) is 0 Å². The lowest BCUT2D eigenvalue weighted by Crippen LogP contribution is -2.50. The summed E-state index contributed by atoms with van der Waals surface area (Å²) < 4.78 is 0. The Morgan fingerprint density at radius 3 is 2.81 bits per heavy atom. The first-order valence-corrected chi connectivity index (χ1v) is 6.49. The fourth-order valence-corrected chi connectivity index (χ4v) is 2.66. The second kappa shape index (κ2) is 5.64. The lowest BCUT2D eigenvalue weighted by Gasteiger charge is -2.35. The van der Waals surface area contributed by atoms with Crippen LogP contribution in [0.5, 0.6) is 0 Å². The van der Waals surface area contributed by atoms with Crippen molar-refractivity contribution in [1.29, 1.82) is 0 Å². The fraction of sp³-hybridized carbons (Fsp3) is 0.917. The van der Waals surface area contributed by atoms with Gasteiger partial charge in [0, 0.05) is 19.6 Å². The van der Waals surface area contributed by atoms with Crippen LogP contribution in [0.25, 0.3) is 0 Å². The van der Waals surface area contributed by atoms with E-state index < -0.39 is 0 Å². The third-order valence-electron chi connectivity index (χ3n) is 3.71. The number of hydrogen-bond acceptors (Lipinski definition) is 3. The van der Waals surface area contributed by atoms with Gasteiger partial charge >= 0.3 is 0 Å². The molecule has 2 fully saturated rings. The number of amides is 1. The minimum absolute atomic E-state index is 0.145. The zero-order valence-electron chi connectivity index (χ0n) is 10.2. The van der Waals surface area contributed by atoms with E-state index in [-0.39, 0.29) is 6.04 Å². The van der Waals surface area contributed by atoms with Gasteiger partial charge in [-0.25, -0.2) is 0 Å². The topological polar surface area (TPSA) is 35.6 Å². The molecule has 0 radical (unpaired) electrons. The third kappa shape index (κ3) is 2.74. The molecule has 4 heteroatoms. The summed E-state index contributed by atoms with van der Waals surface area (Å²) in [6, 6.07) is 0.145. The van der Waals surface area contributed by atoms with Gasteiger partial charge in [-0.2, -0.15) is 0 Å². The molecule has 1 atom stereocenters. The second-order valence-corrected chi connectivity index (χ2v) is 4.92. The van der Waals surface area contributed by atoms with Crippen LogP contribution in [-0.2, 0) is 4.79 Å². The van der Waals surface area contributed by atoms with Gasteiger partial charge in [0.05, 0.1) is 6.04 Å². The molecular formula is C12H23N3O. The normalized spacial score (nSPS) is 28.8. The second-order valence-electron chi connectivity index (χ2n) is 4.92. The highest BCUT2D eigenvalue weighted by Gasteiger charge is 2.29. The van der Waals surface area contributed by atoms with Crippen molar-refractivity contribution in [2.24, 2.45) is 0 Å². The van der Waals surface area contributed by atoms with Crippen LogP contribution in [0, 0.1) is 0 Å². The van der Waals surface area contributed by atoms with Crippen LogP contribution >= 0.6 is 0 Å². The zero-order chi connectivity index (χ0) is 11.4. The predicted octanol–water partition coefficient (Wildman–Crippen LogP) is 0.293. The summed E-state index contributed by atoms with van der Waals surface area (Å²) in [7, 11) is 2.08.